The van der Waals surface area contributed by atoms with Crippen molar-refractivity contribution in [3.05, 3.63) is 29.8 Å². The van der Waals surface area contributed by atoms with Gasteiger partial charge in [0, 0.05) is 12.2 Å². The molecule has 6 nitrogen and oxygen atoms in total. The van der Waals surface area contributed by atoms with E-state index in [1.807, 2.05) is 0 Å². The summed E-state index contributed by atoms with van der Waals surface area (Å²) in [7, 11) is 0. The molecule has 1 aliphatic heterocycles. The molecule has 1 fully saturated rings. The number of alkyl halides is 3. The summed E-state index contributed by atoms with van der Waals surface area (Å²) < 4.78 is 42.4. The van der Waals surface area contributed by atoms with Crippen molar-refractivity contribution in [3.63, 3.8) is 0 Å². The van der Waals surface area contributed by atoms with Crippen molar-refractivity contribution in [2.75, 3.05) is 18.1 Å². The van der Waals surface area contributed by atoms with Gasteiger partial charge in [0.1, 0.15) is 0 Å². The van der Waals surface area contributed by atoms with Gasteiger partial charge in [-0.05, 0) is 24.3 Å². The summed E-state index contributed by atoms with van der Waals surface area (Å²) in [5.41, 5.74) is -0.692. The van der Waals surface area contributed by atoms with Crippen molar-refractivity contribution >= 4 is 17.6 Å². The average Bonchev–Trinajstić information content (AvgIpc) is 2.46. The highest BCUT2D eigenvalue weighted by Gasteiger charge is 2.39. The highest BCUT2D eigenvalue weighted by Crippen LogP contribution is 2.31. The molecule has 1 aromatic rings. The molecule has 1 heterocycles. The Hall–Kier alpha value is -2.13. The number of carbonyl (C=O) groups excluding carboxylic acids is 1. The zero-order valence-electron chi connectivity index (χ0n) is 11.1. The molecule has 9 heteroatoms. The maximum atomic E-state index is 12.5. The summed E-state index contributed by atoms with van der Waals surface area (Å²) in [6, 6.07) is 3.86. The van der Waals surface area contributed by atoms with Crippen LogP contribution < -0.4 is 4.90 Å². The molecule has 0 aliphatic carbocycles. The predicted molar refractivity (Wildman–Crippen MR) is 67.2 cm³/mol. The third-order valence-electron chi connectivity index (χ3n) is 3.17. The van der Waals surface area contributed by atoms with Crippen LogP contribution in [0.25, 0.3) is 0 Å². The lowest BCUT2D eigenvalue weighted by Gasteiger charge is -2.33. The van der Waals surface area contributed by atoms with Crippen molar-refractivity contribution in [1.29, 1.82) is 0 Å². The van der Waals surface area contributed by atoms with Crippen LogP contribution >= 0.6 is 0 Å². The van der Waals surface area contributed by atoms with Crippen LogP contribution in [0.1, 0.15) is 5.56 Å². The minimum Gasteiger partial charge on any atom is -0.479 e. The Kier molecular flexibility index (Phi) is 4.38. The van der Waals surface area contributed by atoms with E-state index < -0.39 is 35.8 Å². The van der Waals surface area contributed by atoms with E-state index in [0.717, 1.165) is 29.2 Å². The van der Waals surface area contributed by atoms with Gasteiger partial charge in [-0.25, -0.2) is 4.79 Å². The fourth-order valence-corrected chi connectivity index (χ4v) is 2.05. The first-order chi connectivity index (χ1) is 10.2. The van der Waals surface area contributed by atoms with Gasteiger partial charge < -0.3 is 19.8 Å². The van der Waals surface area contributed by atoms with E-state index in [-0.39, 0.29) is 18.8 Å². The van der Waals surface area contributed by atoms with E-state index in [0.29, 0.717) is 0 Å². The van der Waals surface area contributed by atoms with Crippen molar-refractivity contribution in [3.8, 4) is 0 Å². The topological polar surface area (TPSA) is 87.1 Å². The number of benzene rings is 1. The quantitative estimate of drug-likeness (QED) is 0.864. The van der Waals surface area contributed by atoms with E-state index in [1.165, 1.54) is 0 Å². The molecule has 0 bridgehead atoms. The van der Waals surface area contributed by atoms with Crippen molar-refractivity contribution in [2.45, 2.75) is 18.4 Å². The van der Waals surface area contributed by atoms with E-state index >= 15 is 0 Å². The number of amides is 1. The molecule has 22 heavy (non-hydrogen) atoms. The van der Waals surface area contributed by atoms with Gasteiger partial charge in [-0.3, -0.25) is 4.79 Å². The normalized spacial score (nSPS) is 20.8. The highest BCUT2D eigenvalue weighted by molar-refractivity contribution is 6.00. The van der Waals surface area contributed by atoms with Crippen LogP contribution in [0.2, 0.25) is 0 Å². The van der Waals surface area contributed by atoms with Crippen molar-refractivity contribution in [2.24, 2.45) is 0 Å². The maximum Gasteiger partial charge on any atom is 0.416 e. The van der Waals surface area contributed by atoms with Crippen LogP contribution in [-0.4, -0.2) is 47.4 Å². The Labute approximate surface area is 122 Å². The lowest BCUT2D eigenvalue weighted by Crippen LogP contribution is -2.54. The second-order valence-electron chi connectivity index (χ2n) is 4.61. The third-order valence-corrected chi connectivity index (χ3v) is 3.17. The van der Waals surface area contributed by atoms with Gasteiger partial charge in [0.25, 0.3) is 5.91 Å². The van der Waals surface area contributed by atoms with Crippen molar-refractivity contribution < 1.29 is 37.7 Å². The minimum atomic E-state index is -4.49. The minimum absolute atomic E-state index is 0.0399. The van der Waals surface area contributed by atoms with Gasteiger partial charge in [-0.1, -0.05) is 0 Å². The number of ether oxygens (including phenoxy) is 1. The molecule has 1 aromatic carbocycles. The summed E-state index contributed by atoms with van der Waals surface area (Å²) in [6.45, 7) is 0.00874. The monoisotopic (exact) mass is 319 g/mol. The molecule has 0 saturated carbocycles. The number of hydrogen-bond acceptors (Lipinski definition) is 4. The molecule has 120 valence electrons. The number of aliphatic hydroxyl groups excluding tert-OH is 1. The summed E-state index contributed by atoms with van der Waals surface area (Å²) in [5.74, 6) is -2.44. The SMILES string of the molecule is O=C(O)C(O)C1OCCN(c2ccc(C(F)(F)F)cc2)C1=O. The number of halogens is 3. The van der Waals surface area contributed by atoms with Crippen LogP contribution in [0, 0.1) is 0 Å². The van der Waals surface area contributed by atoms with E-state index in [9.17, 15) is 27.9 Å². The number of rotatable bonds is 3. The summed E-state index contributed by atoms with van der Waals surface area (Å²) in [5, 5.41) is 18.1. The fraction of sp³-hybridized carbons (Fsp3) is 0.385. The molecule has 0 radical (unpaired) electrons. The van der Waals surface area contributed by atoms with Gasteiger partial charge in [0.15, 0.2) is 12.2 Å². The number of carboxylic acids is 1. The Morgan fingerprint density at radius 3 is 2.41 bits per heavy atom. The first-order valence-corrected chi connectivity index (χ1v) is 6.23. The van der Waals surface area contributed by atoms with Crippen LogP contribution in [0.3, 0.4) is 0 Å². The Morgan fingerprint density at radius 1 is 1.32 bits per heavy atom. The van der Waals surface area contributed by atoms with Crippen LogP contribution in [-0.2, 0) is 20.5 Å². The second kappa shape index (κ2) is 5.93. The number of morpholine rings is 1. The molecule has 1 saturated heterocycles. The number of aliphatic carboxylic acids is 1. The molecular weight excluding hydrogens is 307 g/mol. The summed E-state index contributed by atoms with van der Waals surface area (Å²) >= 11 is 0. The molecule has 2 N–H and O–H groups in total. The number of nitrogens with zero attached hydrogens (tertiary/aromatic N) is 1. The maximum absolute atomic E-state index is 12.5. The first kappa shape index (κ1) is 16.2. The van der Waals surface area contributed by atoms with Gasteiger partial charge >= 0.3 is 12.1 Å². The van der Waals surface area contributed by atoms with Gasteiger partial charge in [-0.2, -0.15) is 13.2 Å². The largest absolute Gasteiger partial charge is 0.479 e. The van der Waals surface area contributed by atoms with E-state index in [4.69, 9.17) is 9.84 Å². The van der Waals surface area contributed by atoms with E-state index in [1.54, 1.807) is 0 Å². The van der Waals surface area contributed by atoms with E-state index in [2.05, 4.69) is 0 Å². The predicted octanol–water partition coefficient (Wildman–Crippen LogP) is 0.883. The molecule has 1 aliphatic rings. The Balaban J connectivity index is 2.21. The third kappa shape index (κ3) is 3.20. The molecule has 2 atom stereocenters. The van der Waals surface area contributed by atoms with Crippen LogP contribution in [0.15, 0.2) is 24.3 Å². The zero-order chi connectivity index (χ0) is 16.5. The Morgan fingerprint density at radius 2 is 1.91 bits per heavy atom. The highest BCUT2D eigenvalue weighted by atomic mass is 19.4. The molecule has 0 spiro atoms. The molecule has 1 amide bonds. The Bertz CT molecular complexity index is 572. The number of aliphatic hydroxyl groups is 1. The van der Waals surface area contributed by atoms with Gasteiger partial charge in [0.05, 0.1) is 12.2 Å². The molecule has 2 rings (SSSR count). The lowest BCUT2D eigenvalue weighted by molar-refractivity contribution is -0.163. The molecular formula is C13H12F3NO5. The molecule has 2 unspecified atom stereocenters. The summed E-state index contributed by atoms with van der Waals surface area (Å²) in [6.07, 6.45) is -8.12. The van der Waals surface area contributed by atoms with Gasteiger partial charge in [0.2, 0.25) is 0 Å². The first-order valence-electron chi connectivity index (χ1n) is 6.23. The van der Waals surface area contributed by atoms with Crippen LogP contribution in [0.4, 0.5) is 18.9 Å². The van der Waals surface area contributed by atoms with Crippen molar-refractivity contribution in [1.82, 2.24) is 0 Å². The standard InChI is InChI=1S/C13H12F3NO5/c14-13(15,16)7-1-3-8(4-2-7)17-5-6-22-10(11(17)19)9(18)12(20)21/h1-4,9-10,18H,5-6H2,(H,20,21). The van der Waals surface area contributed by atoms with Gasteiger partial charge in [-0.15, -0.1) is 0 Å². The summed E-state index contributed by atoms with van der Waals surface area (Å²) in [4.78, 5) is 23.9. The van der Waals surface area contributed by atoms with Crippen LogP contribution in [0.5, 0.6) is 0 Å². The number of anilines is 1. The number of carbonyl (C=O) groups is 2. The lowest BCUT2D eigenvalue weighted by atomic mass is 10.1. The second-order valence-corrected chi connectivity index (χ2v) is 4.61. The number of hydrogen-bond donors (Lipinski definition) is 2. The zero-order valence-corrected chi connectivity index (χ0v) is 11.1. The number of carboxylic acid groups (broad SMARTS) is 1. The molecule has 0 aromatic heterocycles. The smallest absolute Gasteiger partial charge is 0.416 e. The fourth-order valence-electron chi connectivity index (χ4n) is 2.05. The average molecular weight is 319 g/mol.